The second kappa shape index (κ2) is 8.87. The molecule has 0 aliphatic rings. The van der Waals surface area contributed by atoms with Crippen molar-refractivity contribution in [3.8, 4) is 0 Å². The number of hydrogen-bond acceptors (Lipinski definition) is 4. The Bertz CT molecular complexity index is 311. The SMILES string of the molecule is COCCC(NC(=O)NC(C)CS(C)=O)C(=O)O. The van der Waals surface area contributed by atoms with Gasteiger partial charge in [-0.25, -0.2) is 9.59 Å². The number of carboxylic acids is 1. The van der Waals surface area contributed by atoms with Crippen LogP contribution in [0.4, 0.5) is 4.79 Å². The lowest BCUT2D eigenvalue weighted by molar-refractivity contribution is -0.139. The van der Waals surface area contributed by atoms with Crippen LogP contribution in [0.15, 0.2) is 0 Å². The van der Waals surface area contributed by atoms with Gasteiger partial charge in [0.2, 0.25) is 0 Å². The number of nitrogens with one attached hydrogen (secondary N) is 2. The number of carbonyl (C=O) groups excluding carboxylic acids is 1. The van der Waals surface area contributed by atoms with Crippen molar-refractivity contribution in [1.82, 2.24) is 10.6 Å². The number of amides is 2. The molecule has 0 rings (SSSR count). The zero-order chi connectivity index (χ0) is 14.1. The highest BCUT2D eigenvalue weighted by atomic mass is 32.2. The maximum atomic E-state index is 11.5. The predicted octanol–water partition coefficient (Wildman–Crippen LogP) is -0.458. The van der Waals surface area contributed by atoms with Gasteiger partial charge in [0.15, 0.2) is 0 Å². The highest BCUT2D eigenvalue weighted by Gasteiger charge is 2.20. The second-order valence-electron chi connectivity index (χ2n) is 3.93. The van der Waals surface area contributed by atoms with Crippen LogP contribution in [0.5, 0.6) is 0 Å². The summed E-state index contributed by atoms with van der Waals surface area (Å²) in [5, 5.41) is 13.7. The Balaban J connectivity index is 4.16. The molecule has 0 spiro atoms. The smallest absolute Gasteiger partial charge is 0.326 e. The minimum absolute atomic E-state index is 0.188. The van der Waals surface area contributed by atoms with Crippen LogP contribution in [-0.4, -0.2) is 59.1 Å². The Morgan fingerprint density at radius 2 is 2.00 bits per heavy atom. The second-order valence-corrected chi connectivity index (χ2v) is 5.41. The Morgan fingerprint density at radius 1 is 1.39 bits per heavy atom. The minimum atomic E-state index is -1.12. The van der Waals surface area contributed by atoms with E-state index in [1.165, 1.54) is 13.4 Å². The van der Waals surface area contributed by atoms with Gasteiger partial charge in [-0.1, -0.05) is 0 Å². The zero-order valence-electron chi connectivity index (χ0n) is 10.8. The van der Waals surface area contributed by atoms with Gasteiger partial charge in [0.05, 0.1) is 0 Å². The van der Waals surface area contributed by atoms with E-state index in [0.717, 1.165) is 0 Å². The van der Waals surface area contributed by atoms with Gasteiger partial charge in [-0.3, -0.25) is 4.21 Å². The molecule has 3 N–H and O–H groups in total. The highest BCUT2D eigenvalue weighted by molar-refractivity contribution is 7.84. The van der Waals surface area contributed by atoms with Gasteiger partial charge in [0.1, 0.15) is 6.04 Å². The number of urea groups is 1. The van der Waals surface area contributed by atoms with Crippen LogP contribution in [0.1, 0.15) is 13.3 Å². The fourth-order valence-electron chi connectivity index (χ4n) is 1.31. The maximum absolute atomic E-state index is 11.5. The van der Waals surface area contributed by atoms with E-state index in [0.29, 0.717) is 5.75 Å². The van der Waals surface area contributed by atoms with Crippen LogP contribution in [0.2, 0.25) is 0 Å². The molecule has 0 aromatic heterocycles. The molecule has 18 heavy (non-hydrogen) atoms. The Kier molecular flexibility index (Phi) is 8.30. The largest absolute Gasteiger partial charge is 0.480 e. The molecule has 0 bridgehead atoms. The molecule has 0 saturated heterocycles. The molecular formula is C10H20N2O5S. The van der Waals surface area contributed by atoms with Crippen LogP contribution in [0.25, 0.3) is 0 Å². The van der Waals surface area contributed by atoms with Crippen LogP contribution in [-0.2, 0) is 20.3 Å². The molecule has 8 heteroatoms. The van der Waals surface area contributed by atoms with E-state index in [1.807, 2.05) is 0 Å². The van der Waals surface area contributed by atoms with E-state index >= 15 is 0 Å². The van der Waals surface area contributed by atoms with E-state index in [9.17, 15) is 13.8 Å². The third kappa shape index (κ3) is 8.02. The first kappa shape index (κ1) is 16.9. The lowest BCUT2D eigenvalue weighted by Gasteiger charge is -2.17. The summed E-state index contributed by atoms with van der Waals surface area (Å²) in [6, 6.07) is -1.87. The molecule has 0 heterocycles. The Labute approximate surface area is 109 Å². The summed E-state index contributed by atoms with van der Waals surface area (Å²) in [4.78, 5) is 22.3. The lowest BCUT2D eigenvalue weighted by atomic mass is 10.2. The topological polar surface area (TPSA) is 105 Å². The van der Waals surface area contributed by atoms with Gasteiger partial charge >= 0.3 is 12.0 Å². The van der Waals surface area contributed by atoms with Gasteiger partial charge in [0, 0.05) is 49.0 Å². The number of carboxylic acid groups (broad SMARTS) is 1. The summed E-state index contributed by atoms with van der Waals surface area (Å²) in [5.74, 6) is -0.794. The average Bonchev–Trinajstić information content (AvgIpc) is 2.22. The number of hydrogen-bond donors (Lipinski definition) is 3. The molecule has 0 aliphatic heterocycles. The monoisotopic (exact) mass is 280 g/mol. The normalized spacial score (nSPS) is 15.5. The van der Waals surface area contributed by atoms with Gasteiger partial charge in [-0.2, -0.15) is 0 Å². The van der Waals surface area contributed by atoms with Crippen molar-refractivity contribution in [2.24, 2.45) is 0 Å². The third-order valence-corrected chi connectivity index (χ3v) is 3.05. The molecule has 0 saturated carbocycles. The molecular weight excluding hydrogens is 260 g/mol. The number of aliphatic carboxylic acids is 1. The molecule has 7 nitrogen and oxygen atoms in total. The van der Waals surface area contributed by atoms with E-state index in [-0.39, 0.29) is 19.1 Å². The van der Waals surface area contributed by atoms with Crippen molar-refractivity contribution in [2.75, 3.05) is 25.7 Å². The van der Waals surface area contributed by atoms with E-state index in [4.69, 9.17) is 9.84 Å². The summed E-state index contributed by atoms with van der Waals surface area (Å²) in [6.07, 6.45) is 1.72. The van der Waals surface area contributed by atoms with Gasteiger partial charge < -0.3 is 20.5 Å². The molecule has 0 aliphatic carbocycles. The third-order valence-electron chi connectivity index (χ3n) is 2.08. The summed E-state index contributed by atoms with van der Waals surface area (Å²) >= 11 is 0. The van der Waals surface area contributed by atoms with Crippen molar-refractivity contribution in [3.05, 3.63) is 0 Å². The summed E-state index contributed by atoms with van der Waals surface area (Å²) in [5.41, 5.74) is 0. The van der Waals surface area contributed by atoms with Gasteiger partial charge in [-0.05, 0) is 6.92 Å². The van der Waals surface area contributed by atoms with Crippen molar-refractivity contribution in [3.63, 3.8) is 0 Å². The fourth-order valence-corrected chi connectivity index (χ4v) is 2.10. The van der Waals surface area contributed by atoms with E-state index in [2.05, 4.69) is 10.6 Å². The Morgan fingerprint density at radius 3 is 2.44 bits per heavy atom. The molecule has 3 unspecified atom stereocenters. The molecule has 0 radical (unpaired) electrons. The van der Waals surface area contributed by atoms with Crippen LogP contribution in [0.3, 0.4) is 0 Å². The molecule has 0 aromatic rings. The molecule has 3 atom stereocenters. The van der Waals surface area contributed by atoms with Crippen molar-refractivity contribution in [2.45, 2.75) is 25.4 Å². The number of rotatable bonds is 8. The molecule has 2 amide bonds. The molecule has 0 aromatic carbocycles. The first-order valence-electron chi connectivity index (χ1n) is 5.45. The lowest BCUT2D eigenvalue weighted by Crippen LogP contribution is -2.49. The van der Waals surface area contributed by atoms with Crippen molar-refractivity contribution < 1.29 is 23.6 Å². The quantitative estimate of drug-likeness (QED) is 0.558. The average molecular weight is 280 g/mol. The van der Waals surface area contributed by atoms with Crippen molar-refractivity contribution >= 4 is 22.8 Å². The van der Waals surface area contributed by atoms with Crippen LogP contribution >= 0.6 is 0 Å². The standard InChI is InChI=1S/C10H20N2O5S/c1-7(6-18(3)16)11-10(15)12-8(9(13)14)4-5-17-2/h7-8H,4-6H2,1-3H3,(H,13,14)(H2,11,12,15). The first-order valence-corrected chi connectivity index (χ1v) is 7.18. The summed E-state index contributed by atoms with van der Waals surface area (Å²) in [6.45, 7) is 1.94. The van der Waals surface area contributed by atoms with E-state index < -0.39 is 28.8 Å². The fraction of sp³-hybridized carbons (Fsp3) is 0.800. The van der Waals surface area contributed by atoms with Crippen LogP contribution < -0.4 is 10.6 Å². The summed E-state index contributed by atoms with van der Waals surface area (Å²) < 4.78 is 15.7. The minimum Gasteiger partial charge on any atom is -0.480 e. The summed E-state index contributed by atoms with van der Waals surface area (Å²) in [7, 11) is 0.439. The zero-order valence-corrected chi connectivity index (χ0v) is 11.6. The first-order chi connectivity index (χ1) is 8.36. The molecule has 0 fully saturated rings. The highest BCUT2D eigenvalue weighted by Crippen LogP contribution is 1.94. The Hall–Kier alpha value is -1.15. The maximum Gasteiger partial charge on any atom is 0.326 e. The number of carbonyl (C=O) groups is 2. The van der Waals surface area contributed by atoms with Gasteiger partial charge in [-0.15, -0.1) is 0 Å². The van der Waals surface area contributed by atoms with Crippen LogP contribution in [0, 0.1) is 0 Å². The predicted molar refractivity (Wildman–Crippen MR) is 68.0 cm³/mol. The van der Waals surface area contributed by atoms with Gasteiger partial charge in [0.25, 0.3) is 0 Å². The van der Waals surface area contributed by atoms with E-state index in [1.54, 1.807) is 6.92 Å². The molecule has 106 valence electrons. The number of methoxy groups -OCH3 is 1. The number of ether oxygens (including phenoxy) is 1. The van der Waals surface area contributed by atoms with Crippen molar-refractivity contribution in [1.29, 1.82) is 0 Å².